The summed E-state index contributed by atoms with van der Waals surface area (Å²) in [5.74, 6) is 0.668. The first kappa shape index (κ1) is 13.2. The first-order valence-corrected chi connectivity index (χ1v) is 6.27. The number of rotatable bonds is 3. The molecule has 0 radical (unpaired) electrons. The van der Waals surface area contributed by atoms with E-state index in [0.29, 0.717) is 0 Å². The number of aromatic amines is 1. The summed E-state index contributed by atoms with van der Waals surface area (Å²) in [5, 5.41) is 9.49. The van der Waals surface area contributed by atoms with Crippen LogP contribution in [0.3, 0.4) is 0 Å². The molecule has 0 fully saturated rings. The number of ether oxygens (including phenoxy) is 1. The Bertz CT molecular complexity index is 621. The van der Waals surface area contributed by atoms with Gasteiger partial charge in [0.15, 0.2) is 0 Å². The molecular formula is C16H18N2O. The van der Waals surface area contributed by atoms with Gasteiger partial charge >= 0.3 is 0 Å². The van der Waals surface area contributed by atoms with Gasteiger partial charge in [-0.05, 0) is 54.7 Å². The molecule has 0 saturated heterocycles. The Labute approximate surface area is 113 Å². The molecule has 1 unspecified atom stereocenters. The van der Waals surface area contributed by atoms with Crippen LogP contribution >= 0.6 is 0 Å². The highest BCUT2D eigenvalue weighted by atomic mass is 16.5. The molecule has 1 atom stereocenters. The van der Waals surface area contributed by atoms with E-state index in [4.69, 9.17) is 4.74 Å². The average molecular weight is 254 g/mol. The summed E-state index contributed by atoms with van der Waals surface area (Å²) in [6.45, 7) is 6.10. The van der Waals surface area contributed by atoms with E-state index in [2.05, 4.69) is 17.1 Å². The standard InChI is InChI=1S/C16H18N2O/c1-10-7-14(11(2)12(3)16(10)19-4)15(8-17)13-5-6-18-9-13/h5-7,9,15,18H,1-4H3. The van der Waals surface area contributed by atoms with Crippen molar-refractivity contribution in [2.24, 2.45) is 0 Å². The van der Waals surface area contributed by atoms with Crippen LogP contribution < -0.4 is 4.74 Å². The molecule has 0 aliphatic carbocycles. The fourth-order valence-electron chi connectivity index (χ4n) is 2.54. The van der Waals surface area contributed by atoms with E-state index in [1.807, 2.05) is 39.2 Å². The summed E-state index contributed by atoms with van der Waals surface area (Å²) < 4.78 is 5.43. The van der Waals surface area contributed by atoms with Crippen molar-refractivity contribution >= 4 is 0 Å². The highest BCUT2D eigenvalue weighted by Gasteiger charge is 2.20. The van der Waals surface area contributed by atoms with Gasteiger partial charge in [-0.1, -0.05) is 6.07 Å². The summed E-state index contributed by atoms with van der Waals surface area (Å²) in [7, 11) is 1.68. The molecule has 1 heterocycles. The van der Waals surface area contributed by atoms with Gasteiger partial charge in [0.2, 0.25) is 0 Å². The lowest BCUT2D eigenvalue weighted by molar-refractivity contribution is 0.408. The van der Waals surface area contributed by atoms with E-state index in [-0.39, 0.29) is 5.92 Å². The molecule has 0 aliphatic heterocycles. The number of hydrogen-bond acceptors (Lipinski definition) is 2. The van der Waals surface area contributed by atoms with Crippen LogP contribution in [0.15, 0.2) is 24.5 Å². The quantitative estimate of drug-likeness (QED) is 0.909. The monoisotopic (exact) mass is 254 g/mol. The third-order valence-corrected chi connectivity index (χ3v) is 3.67. The number of methoxy groups -OCH3 is 1. The van der Waals surface area contributed by atoms with Gasteiger partial charge in [0.25, 0.3) is 0 Å². The zero-order valence-electron chi connectivity index (χ0n) is 11.7. The molecule has 3 heteroatoms. The maximum Gasteiger partial charge on any atom is 0.124 e. The molecule has 0 spiro atoms. The van der Waals surface area contributed by atoms with Crippen LogP contribution in [0.4, 0.5) is 0 Å². The minimum absolute atomic E-state index is 0.241. The van der Waals surface area contributed by atoms with Crippen LogP contribution in [0.2, 0.25) is 0 Å². The Morgan fingerprint density at radius 1 is 1.26 bits per heavy atom. The first-order valence-electron chi connectivity index (χ1n) is 6.27. The molecule has 0 aliphatic rings. The SMILES string of the molecule is COc1c(C)cc(C(C#N)c2cc[nH]c2)c(C)c1C. The number of H-pyrrole nitrogens is 1. The summed E-state index contributed by atoms with van der Waals surface area (Å²) in [4.78, 5) is 3.01. The smallest absolute Gasteiger partial charge is 0.124 e. The second-order valence-corrected chi connectivity index (χ2v) is 4.77. The number of hydrogen-bond donors (Lipinski definition) is 1. The summed E-state index contributed by atoms with van der Waals surface area (Å²) in [5.41, 5.74) is 5.34. The maximum absolute atomic E-state index is 9.49. The number of nitriles is 1. The van der Waals surface area contributed by atoms with Crippen LogP contribution in [0, 0.1) is 32.1 Å². The van der Waals surface area contributed by atoms with Crippen molar-refractivity contribution in [3.8, 4) is 11.8 Å². The molecule has 1 aromatic carbocycles. The molecule has 19 heavy (non-hydrogen) atoms. The van der Waals surface area contributed by atoms with Gasteiger partial charge in [-0.3, -0.25) is 0 Å². The van der Waals surface area contributed by atoms with E-state index in [1.165, 1.54) is 0 Å². The minimum Gasteiger partial charge on any atom is -0.496 e. The summed E-state index contributed by atoms with van der Waals surface area (Å²) >= 11 is 0. The summed E-state index contributed by atoms with van der Waals surface area (Å²) in [6.07, 6.45) is 3.72. The molecule has 2 aromatic rings. The van der Waals surface area contributed by atoms with Gasteiger partial charge in [0, 0.05) is 12.4 Å². The number of nitrogens with zero attached hydrogens (tertiary/aromatic N) is 1. The molecular weight excluding hydrogens is 236 g/mol. The van der Waals surface area contributed by atoms with Crippen LogP contribution in [0.25, 0.3) is 0 Å². The predicted octanol–water partition coefficient (Wildman–Crippen LogP) is 3.60. The fraction of sp³-hybridized carbons (Fsp3) is 0.312. The van der Waals surface area contributed by atoms with Crippen molar-refractivity contribution in [2.75, 3.05) is 7.11 Å². The van der Waals surface area contributed by atoms with Crippen molar-refractivity contribution in [1.29, 1.82) is 5.26 Å². The Balaban J connectivity index is 2.60. The molecule has 0 saturated carbocycles. The lowest BCUT2D eigenvalue weighted by atomic mass is 9.87. The number of aromatic nitrogens is 1. The van der Waals surface area contributed by atoms with Gasteiger partial charge in [0.1, 0.15) is 5.75 Å². The van der Waals surface area contributed by atoms with Crippen LogP contribution in [-0.2, 0) is 0 Å². The van der Waals surface area contributed by atoms with E-state index in [9.17, 15) is 5.26 Å². The average Bonchev–Trinajstić information content (AvgIpc) is 2.90. The Kier molecular flexibility index (Phi) is 3.62. The van der Waals surface area contributed by atoms with Crippen LogP contribution in [0.1, 0.15) is 33.7 Å². The van der Waals surface area contributed by atoms with Crippen LogP contribution in [0.5, 0.6) is 5.75 Å². The maximum atomic E-state index is 9.49. The number of nitrogens with one attached hydrogen (secondary N) is 1. The highest BCUT2D eigenvalue weighted by molar-refractivity contribution is 5.53. The predicted molar refractivity (Wildman–Crippen MR) is 75.5 cm³/mol. The minimum atomic E-state index is -0.241. The van der Waals surface area contributed by atoms with Crippen molar-refractivity contribution in [3.05, 3.63) is 52.3 Å². The topological polar surface area (TPSA) is 48.8 Å². The van der Waals surface area contributed by atoms with E-state index in [0.717, 1.165) is 33.6 Å². The van der Waals surface area contributed by atoms with Crippen LogP contribution in [-0.4, -0.2) is 12.1 Å². The van der Waals surface area contributed by atoms with Gasteiger partial charge in [-0.25, -0.2) is 0 Å². The highest BCUT2D eigenvalue weighted by Crippen LogP contribution is 2.34. The fourth-order valence-corrected chi connectivity index (χ4v) is 2.54. The van der Waals surface area contributed by atoms with Gasteiger partial charge in [-0.15, -0.1) is 0 Å². The van der Waals surface area contributed by atoms with Crippen molar-refractivity contribution in [3.63, 3.8) is 0 Å². The van der Waals surface area contributed by atoms with Gasteiger partial charge < -0.3 is 9.72 Å². The van der Waals surface area contributed by atoms with E-state index < -0.39 is 0 Å². The zero-order chi connectivity index (χ0) is 14.0. The summed E-state index contributed by atoms with van der Waals surface area (Å²) in [6, 6.07) is 6.40. The molecule has 98 valence electrons. The molecule has 3 nitrogen and oxygen atoms in total. The molecule has 0 bridgehead atoms. The molecule has 0 amide bonds. The van der Waals surface area contributed by atoms with E-state index >= 15 is 0 Å². The second-order valence-electron chi connectivity index (χ2n) is 4.77. The molecule has 1 N–H and O–H groups in total. The number of aryl methyl sites for hydroxylation is 1. The normalized spacial score (nSPS) is 11.9. The molecule has 2 rings (SSSR count). The van der Waals surface area contributed by atoms with Crippen molar-refractivity contribution in [1.82, 2.24) is 4.98 Å². The zero-order valence-corrected chi connectivity index (χ0v) is 11.7. The Morgan fingerprint density at radius 2 is 2.00 bits per heavy atom. The number of benzene rings is 1. The van der Waals surface area contributed by atoms with E-state index in [1.54, 1.807) is 7.11 Å². The third-order valence-electron chi connectivity index (χ3n) is 3.67. The first-order chi connectivity index (χ1) is 9.10. The lowest BCUT2D eigenvalue weighted by Crippen LogP contribution is -2.04. The Hall–Kier alpha value is -2.21. The third kappa shape index (κ3) is 2.22. The largest absolute Gasteiger partial charge is 0.496 e. The van der Waals surface area contributed by atoms with Gasteiger partial charge in [-0.2, -0.15) is 5.26 Å². The van der Waals surface area contributed by atoms with Crippen molar-refractivity contribution in [2.45, 2.75) is 26.7 Å². The van der Waals surface area contributed by atoms with Gasteiger partial charge in [0.05, 0.1) is 19.1 Å². The molecule has 1 aromatic heterocycles. The Morgan fingerprint density at radius 3 is 2.53 bits per heavy atom. The van der Waals surface area contributed by atoms with Crippen molar-refractivity contribution < 1.29 is 4.74 Å². The lowest BCUT2D eigenvalue weighted by Gasteiger charge is -2.18. The second kappa shape index (κ2) is 5.19.